The number of nitrogens with two attached hydrogens (primary N) is 1. The molecule has 0 spiro atoms. The van der Waals surface area contributed by atoms with Gasteiger partial charge in [-0.15, -0.1) is 0 Å². The summed E-state index contributed by atoms with van der Waals surface area (Å²) in [5.41, 5.74) is 8.16. The number of amides is 3. The van der Waals surface area contributed by atoms with Crippen LogP contribution < -0.4 is 11.1 Å². The monoisotopic (exact) mass is 709 g/mol. The quantitative estimate of drug-likeness (QED) is 0.172. The van der Waals surface area contributed by atoms with Gasteiger partial charge in [0.15, 0.2) is 0 Å². The SMILES string of the molecule is CN(C)CCCn1c(C(CC(=O)N2CCC(N3CCc4ccccc4NC3=O)CC2)Cc2cc(Cl)c(N)c(C(F)(F)F)c2)nc2ccccc21. The molecule has 1 atom stereocenters. The molecule has 50 heavy (non-hydrogen) atoms. The van der Waals surface area contributed by atoms with Crippen molar-refractivity contribution in [1.29, 1.82) is 0 Å². The summed E-state index contributed by atoms with van der Waals surface area (Å²) in [6, 6.07) is 17.9. The molecule has 9 nitrogen and oxygen atoms in total. The van der Waals surface area contributed by atoms with E-state index >= 15 is 0 Å². The van der Waals surface area contributed by atoms with Gasteiger partial charge >= 0.3 is 12.2 Å². The van der Waals surface area contributed by atoms with Crippen LogP contribution >= 0.6 is 11.6 Å². The number of imidazole rings is 1. The molecule has 2 aliphatic heterocycles. The maximum Gasteiger partial charge on any atom is 0.418 e. The van der Waals surface area contributed by atoms with E-state index in [0.717, 1.165) is 47.7 Å². The zero-order valence-electron chi connectivity index (χ0n) is 28.3. The lowest BCUT2D eigenvalue weighted by atomic mass is 9.92. The van der Waals surface area contributed by atoms with Gasteiger partial charge in [0.05, 0.1) is 27.3 Å². The molecule has 1 fully saturated rings. The minimum Gasteiger partial charge on any atom is -0.397 e. The summed E-state index contributed by atoms with van der Waals surface area (Å²) in [4.78, 5) is 38.0. The van der Waals surface area contributed by atoms with E-state index in [4.69, 9.17) is 22.3 Å². The average molecular weight is 710 g/mol. The first kappa shape index (κ1) is 35.5. The van der Waals surface area contributed by atoms with Crippen LogP contribution in [0.4, 0.5) is 29.3 Å². The first-order valence-corrected chi connectivity index (χ1v) is 17.4. The van der Waals surface area contributed by atoms with E-state index < -0.39 is 23.3 Å². The van der Waals surface area contributed by atoms with E-state index in [-0.39, 0.29) is 35.8 Å². The molecule has 3 N–H and O–H groups in total. The van der Waals surface area contributed by atoms with Gasteiger partial charge in [-0.3, -0.25) is 4.79 Å². The zero-order valence-corrected chi connectivity index (χ0v) is 29.1. The highest BCUT2D eigenvalue weighted by Crippen LogP contribution is 2.39. The topological polar surface area (TPSA) is 99.7 Å². The van der Waals surface area contributed by atoms with Crippen LogP contribution in [-0.2, 0) is 30.4 Å². The van der Waals surface area contributed by atoms with Crippen LogP contribution in [0.1, 0.15) is 54.1 Å². The summed E-state index contributed by atoms with van der Waals surface area (Å²) >= 11 is 6.24. The Balaban J connectivity index is 1.24. The van der Waals surface area contributed by atoms with Crippen molar-refractivity contribution in [3.8, 4) is 0 Å². The Morgan fingerprint density at radius 2 is 1.80 bits per heavy atom. The number of piperidine rings is 1. The number of carbonyl (C=O) groups excluding carboxylic acids is 2. The zero-order chi connectivity index (χ0) is 35.6. The van der Waals surface area contributed by atoms with Gasteiger partial charge in [0.2, 0.25) is 5.91 Å². The Morgan fingerprint density at radius 1 is 1.08 bits per heavy atom. The van der Waals surface area contributed by atoms with Crippen LogP contribution in [0.15, 0.2) is 60.7 Å². The summed E-state index contributed by atoms with van der Waals surface area (Å²) in [5, 5.41) is 2.86. The van der Waals surface area contributed by atoms with Crippen molar-refractivity contribution in [1.82, 2.24) is 24.3 Å². The molecule has 6 rings (SSSR count). The highest BCUT2D eigenvalue weighted by atomic mass is 35.5. The second kappa shape index (κ2) is 14.9. The van der Waals surface area contributed by atoms with Crippen molar-refractivity contribution in [3.63, 3.8) is 0 Å². The first-order chi connectivity index (χ1) is 23.9. The predicted octanol–water partition coefficient (Wildman–Crippen LogP) is 7.04. The molecule has 4 aromatic rings. The third-order valence-electron chi connectivity index (χ3n) is 9.83. The summed E-state index contributed by atoms with van der Waals surface area (Å²) in [6.07, 6.45) is -1.71. The van der Waals surface area contributed by atoms with Crippen LogP contribution in [0.5, 0.6) is 0 Å². The van der Waals surface area contributed by atoms with Gasteiger partial charge in [-0.2, -0.15) is 13.2 Å². The number of nitrogens with one attached hydrogen (secondary N) is 1. The number of nitrogens with zero attached hydrogens (tertiary/aromatic N) is 5. The van der Waals surface area contributed by atoms with Crippen molar-refractivity contribution in [2.75, 3.05) is 51.3 Å². The van der Waals surface area contributed by atoms with Crippen LogP contribution in [-0.4, -0.2) is 82.5 Å². The number of likely N-dealkylation sites (tertiary alicyclic amines) is 1. The molecule has 3 heterocycles. The smallest absolute Gasteiger partial charge is 0.397 e. The Labute approximate surface area is 295 Å². The van der Waals surface area contributed by atoms with Gasteiger partial charge in [0.25, 0.3) is 0 Å². The van der Waals surface area contributed by atoms with Crippen LogP contribution in [0.2, 0.25) is 5.02 Å². The van der Waals surface area contributed by atoms with Gasteiger partial charge in [0, 0.05) is 50.2 Å². The fourth-order valence-electron chi connectivity index (χ4n) is 7.26. The molecular weight excluding hydrogens is 667 g/mol. The van der Waals surface area contributed by atoms with Crippen molar-refractivity contribution in [2.45, 2.75) is 63.2 Å². The number of aromatic nitrogens is 2. The number of benzene rings is 3. The van der Waals surface area contributed by atoms with Crippen molar-refractivity contribution in [3.05, 3.63) is 88.2 Å². The summed E-state index contributed by atoms with van der Waals surface area (Å²) < 4.78 is 44.0. The van der Waals surface area contributed by atoms with Crippen LogP contribution in [0.3, 0.4) is 0 Å². The number of rotatable bonds is 10. The number of fused-ring (bicyclic) bond motifs is 2. The number of halogens is 4. The van der Waals surface area contributed by atoms with Gasteiger partial charge < -0.3 is 30.3 Å². The number of carbonyl (C=O) groups is 2. The fourth-order valence-corrected chi connectivity index (χ4v) is 7.50. The van der Waals surface area contributed by atoms with Crippen molar-refractivity contribution >= 4 is 45.9 Å². The highest BCUT2D eigenvalue weighted by molar-refractivity contribution is 6.33. The lowest BCUT2D eigenvalue weighted by Gasteiger charge is -2.38. The lowest BCUT2D eigenvalue weighted by Crippen LogP contribution is -2.50. The third-order valence-corrected chi connectivity index (χ3v) is 10.1. The van der Waals surface area contributed by atoms with Gasteiger partial charge in [-0.25, -0.2) is 9.78 Å². The normalized spacial score (nSPS) is 16.4. The molecule has 3 aromatic carbocycles. The van der Waals surface area contributed by atoms with Gasteiger partial charge in [-0.1, -0.05) is 41.9 Å². The van der Waals surface area contributed by atoms with Crippen LogP contribution in [0, 0.1) is 0 Å². The van der Waals surface area contributed by atoms with Gasteiger partial charge in [0.1, 0.15) is 5.82 Å². The molecule has 3 amide bonds. The van der Waals surface area contributed by atoms with E-state index in [2.05, 4.69) is 14.8 Å². The fraction of sp³-hybridized carbons (Fsp3) is 0.432. The standard InChI is InChI=1S/C37H43ClF3N7O2/c1-45(2)15-7-16-48-32-11-6-5-10-31(32)43-35(48)26(20-24-21-28(37(39,40)41)34(42)29(38)22-24)23-33(49)46-17-13-27(14-18-46)47-19-12-25-8-3-4-9-30(25)44-36(47)50/h3-6,8-11,21-22,26-27H,7,12-20,23,42H2,1-2H3,(H,44,50). The first-order valence-electron chi connectivity index (χ1n) is 17.1. The van der Waals surface area contributed by atoms with E-state index in [0.29, 0.717) is 50.4 Å². The average Bonchev–Trinajstić information content (AvgIpc) is 3.35. The van der Waals surface area contributed by atoms with Crippen molar-refractivity contribution < 1.29 is 22.8 Å². The minimum atomic E-state index is -4.69. The molecule has 13 heteroatoms. The molecule has 0 saturated carbocycles. The summed E-state index contributed by atoms with van der Waals surface area (Å²) in [7, 11) is 4.00. The van der Waals surface area contributed by atoms with E-state index in [9.17, 15) is 22.8 Å². The number of hydrogen-bond acceptors (Lipinski definition) is 5. The van der Waals surface area contributed by atoms with E-state index in [1.807, 2.05) is 72.4 Å². The Morgan fingerprint density at radius 3 is 2.54 bits per heavy atom. The highest BCUT2D eigenvalue weighted by Gasteiger charge is 2.36. The lowest BCUT2D eigenvalue weighted by molar-refractivity contribution is -0.137. The number of aryl methyl sites for hydroxylation is 1. The minimum absolute atomic E-state index is 0.0113. The maximum absolute atomic E-state index is 14.1. The number of anilines is 2. The van der Waals surface area contributed by atoms with Crippen LogP contribution in [0.25, 0.3) is 11.0 Å². The Kier molecular flexibility index (Phi) is 10.6. The molecule has 0 radical (unpaired) electrons. The second-order valence-electron chi connectivity index (χ2n) is 13.6. The third kappa shape index (κ3) is 7.86. The van der Waals surface area contributed by atoms with Gasteiger partial charge in [-0.05, 0) is 94.2 Å². The van der Waals surface area contributed by atoms with Crippen molar-refractivity contribution in [2.24, 2.45) is 0 Å². The number of urea groups is 1. The Hall–Kier alpha value is -4.29. The molecule has 0 bridgehead atoms. The predicted molar refractivity (Wildman–Crippen MR) is 190 cm³/mol. The molecule has 266 valence electrons. The van der Waals surface area contributed by atoms with E-state index in [1.165, 1.54) is 6.07 Å². The number of hydrogen-bond donors (Lipinski definition) is 2. The number of para-hydroxylation sites is 3. The molecule has 1 aromatic heterocycles. The second-order valence-corrected chi connectivity index (χ2v) is 14.0. The summed E-state index contributed by atoms with van der Waals surface area (Å²) in [6.45, 7) is 2.99. The Bertz CT molecular complexity index is 1850. The summed E-state index contributed by atoms with van der Waals surface area (Å²) in [5.74, 6) is 0.00352. The number of nitrogen functional groups attached to an aromatic ring is 1. The molecule has 2 aliphatic rings. The largest absolute Gasteiger partial charge is 0.418 e. The molecule has 1 unspecified atom stereocenters. The maximum atomic E-state index is 14.1. The number of alkyl halides is 3. The molecule has 0 aliphatic carbocycles. The molecular formula is C37H43ClF3N7O2. The molecule has 1 saturated heterocycles. The van der Waals surface area contributed by atoms with E-state index in [1.54, 1.807) is 0 Å².